The van der Waals surface area contributed by atoms with Crippen molar-refractivity contribution in [1.82, 2.24) is 20.4 Å². The molecule has 15 heteroatoms. The van der Waals surface area contributed by atoms with Crippen LogP contribution in [0.1, 0.15) is 78.4 Å². The number of para-hydroxylation sites is 1. The molecule has 5 rings (SSSR count). The van der Waals surface area contributed by atoms with Gasteiger partial charge in [0.15, 0.2) is 0 Å². The van der Waals surface area contributed by atoms with Gasteiger partial charge in [-0.1, -0.05) is 82.0 Å². The number of hydrogen-bond acceptors (Lipinski definition) is 10. The Hall–Kier alpha value is -6.03. The number of amides is 5. The van der Waals surface area contributed by atoms with Crippen molar-refractivity contribution >= 4 is 46.8 Å². The number of methoxy groups -OCH3 is 1. The van der Waals surface area contributed by atoms with Gasteiger partial charge in [-0.2, -0.15) is 0 Å². The minimum Gasteiger partial charge on any atom is -0.453 e. The molecule has 2 aliphatic heterocycles. The van der Waals surface area contributed by atoms with Gasteiger partial charge in [0.2, 0.25) is 23.6 Å². The maximum atomic E-state index is 14.0. The van der Waals surface area contributed by atoms with Crippen molar-refractivity contribution in [2.75, 3.05) is 42.3 Å². The number of hydrogen-bond donors (Lipinski definition) is 5. The lowest BCUT2D eigenvalue weighted by molar-refractivity contribution is -0.141. The zero-order chi connectivity index (χ0) is 47.3. The van der Waals surface area contributed by atoms with Gasteiger partial charge in [0, 0.05) is 49.8 Å². The van der Waals surface area contributed by atoms with Gasteiger partial charge in [0.1, 0.15) is 30.4 Å². The van der Waals surface area contributed by atoms with E-state index in [1.165, 1.54) is 12.0 Å². The number of ether oxygens (including phenoxy) is 2. The Morgan fingerprint density at radius 1 is 0.923 bits per heavy atom. The topological polar surface area (TPSA) is 182 Å². The molecule has 15 nitrogen and oxygen atoms in total. The second-order valence-corrected chi connectivity index (χ2v) is 17.6. The van der Waals surface area contributed by atoms with Gasteiger partial charge in [-0.15, -0.1) is 0 Å². The molecule has 0 radical (unpaired) electrons. The number of alkyl carbamates (subject to hydrolysis) is 1. The number of carbonyl (C=O) groups excluding carboxylic acids is 5. The van der Waals surface area contributed by atoms with Gasteiger partial charge in [0.05, 0.1) is 13.2 Å². The fourth-order valence-electron chi connectivity index (χ4n) is 8.24. The van der Waals surface area contributed by atoms with Crippen LogP contribution in [0.4, 0.5) is 21.9 Å². The number of benzene rings is 3. The molecule has 0 aromatic heterocycles. The van der Waals surface area contributed by atoms with Gasteiger partial charge in [-0.05, 0) is 105 Å². The number of allylic oxidation sites excluding steroid dienone is 1. The van der Waals surface area contributed by atoms with Crippen LogP contribution < -0.4 is 26.2 Å². The second-order valence-electron chi connectivity index (χ2n) is 17.6. The van der Waals surface area contributed by atoms with Crippen molar-refractivity contribution in [3.05, 3.63) is 114 Å². The lowest BCUT2D eigenvalue weighted by Crippen LogP contribution is -2.58. The monoisotopic (exact) mass is 894 g/mol. The molecule has 3 aromatic rings. The van der Waals surface area contributed by atoms with Crippen LogP contribution >= 0.6 is 0 Å². The molecule has 6 unspecified atom stereocenters. The quantitative estimate of drug-likeness (QED) is 0.0672. The van der Waals surface area contributed by atoms with Crippen molar-refractivity contribution in [3.63, 3.8) is 0 Å². The van der Waals surface area contributed by atoms with E-state index in [1.807, 2.05) is 107 Å². The molecular formula is C50H67N7O8. The van der Waals surface area contributed by atoms with Crippen molar-refractivity contribution in [2.24, 2.45) is 5.41 Å². The predicted molar refractivity (Wildman–Crippen MR) is 253 cm³/mol. The molecule has 0 bridgehead atoms. The molecule has 0 spiro atoms. The van der Waals surface area contributed by atoms with Crippen molar-refractivity contribution in [1.29, 1.82) is 0 Å². The van der Waals surface area contributed by atoms with E-state index in [-0.39, 0.29) is 30.2 Å². The smallest absolute Gasteiger partial charge is 0.407 e. The van der Waals surface area contributed by atoms with Gasteiger partial charge in [-0.25, -0.2) is 4.79 Å². The summed E-state index contributed by atoms with van der Waals surface area (Å²) in [6, 6.07) is 22.0. The molecule has 65 heavy (non-hydrogen) atoms. The number of aliphatic hydroxyl groups is 1. The predicted octanol–water partition coefficient (Wildman–Crippen LogP) is 6.36. The molecule has 2 fully saturated rings. The van der Waals surface area contributed by atoms with Crippen LogP contribution in [0.5, 0.6) is 0 Å². The number of rotatable bonds is 19. The van der Waals surface area contributed by atoms with Crippen LogP contribution in [0.25, 0.3) is 0 Å². The summed E-state index contributed by atoms with van der Waals surface area (Å²) in [5, 5.41) is 22.5. The maximum Gasteiger partial charge on any atom is 0.407 e. The van der Waals surface area contributed by atoms with E-state index in [4.69, 9.17) is 9.47 Å². The van der Waals surface area contributed by atoms with Crippen molar-refractivity contribution < 1.29 is 38.6 Å². The Morgan fingerprint density at radius 2 is 1.54 bits per heavy atom. The number of nitrogens with zero attached hydrogens (tertiary/aromatic N) is 3. The summed E-state index contributed by atoms with van der Waals surface area (Å²) < 4.78 is 10.4. The molecule has 6 atom stereocenters. The van der Waals surface area contributed by atoms with Crippen LogP contribution in [0.3, 0.4) is 0 Å². The van der Waals surface area contributed by atoms with Gasteiger partial charge >= 0.3 is 6.09 Å². The Balaban J connectivity index is 1.21. The highest BCUT2D eigenvalue weighted by molar-refractivity contribution is 5.99. The van der Waals surface area contributed by atoms with Crippen LogP contribution in [-0.2, 0) is 41.7 Å². The minimum atomic E-state index is -1.05. The van der Waals surface area contributed by atoms with E-state index in [0.29, 0.717) is 62.5 Å². The number of anilines is 3. The number of likely N-dealkylation sites (N-methyl/N-ethyl adjacent to an activating group) is 1. The third-order valence-corrected chi connectivity index (χ3v) is 12.0. The molecular weight excluding hydrogens is 827 g/mol. The SMILES string of the molecule is C=CC(=CC)C(NC(O)C1CCCO1)C(=O)N1CCCC1C(=O)Nc1ccc(CN(Cc2ccc(NC(=O)C(C)N(CC)C(=O)C(NC(=O)OC)C(C)(C)C)cc2)c2ccccc2)cc1. The third kappa shape index (κ3) is 13.3. The van der Waals surface area contributed by atoms with Gasteiger partial charge in [-0.3, -0.25) is 24.5 Å². The van der Waals surface area contributed by atoms with Crippen LogP contribution in [0, 0.1) is 5.41 Å². The third-order valence-electron chi connectivity index (χ3n) is 12.0. The van der Waals surface area contributed by atoms with E-state index >= 15 is 0 Å². The maximum absolute atomic E-state index is 14.0. The number of carbonyl (C=O) groups is 5. The van der Waals surface area contributed by atoms with Crippen LogP contribution in [0.2, 0.25) is 0 Å². The molecule has 2 aliphatic rings. The van der Waals surface area contributed by atoms with Gasteiger partial charge in [0.25, 0.3) is 0 Å². The number of nitrogens with one attached hydrogen (secondary N) is 4. The average Bonchev–Trinajstić information content (AvgIpc) is 4.03. The summed E-state index contributed by atoms with van der Waals surface area (Å²) in [4.78, 5) is 72.2. The molecule has 2 heterocycles. The Bertz CT molecular complexity index is 2120. The summed E-state index contributed by atoms with van der Waals surface area (Å²) in [5.41, 5.74) is 4.18. The van der Waals surface area contributed by atoms with Crippen molar-refractivity contribution in [2.45, 2.75) is 117 Å². The summed E-state index contributed by atoms with van der Waals surface area (Å²) in [6.45, 7) is 17.0. The molecule has 3 aromatic carbocycles. The summed E-state index contributed by atoms with van der Waals surface area (Å²) in [6.07, 6.45) is 3.91. The fraction of sp³-hybridized carbons (Fsp3) is 0.460. The first-order valence-corrected chi connectivity index (χ1v) is 22.5. The zero-order valence-electron chi connectivity index (χ0n) is 38.8. The normalized spacial score (nSPS) is 18.2. The molecule has 2 saturated heterocycles. The van der Waals surface area contributed by atoms with E-state index in [2.05, 4.69) is 32.7 Å². The molecule has 0 saturated carbocycles. The zero-order valence-corrected chi connectivity index (χ0v) is 38.8. The molecule has 350 valence electrons. The molecule has 0 aliphatic carbocycles. The fourth-order valence-corrected chi connectivity index (χ4v) is 8.24. The first-order chi connectivity index (χ1) is 31.1. The highest BCUT2D eigenvalue weighted by atomic mass is 16.5. The molecule has 5 N–H and O–H groups in total. The first kappa shape index (κ1) is 50.0. The lowest BCUT2D eigenvalue weighted by Gasteiger charge is -2.36. The van der Waals surface area contributed by atoms with E-state index in [1.54, 1.807) is 30.9 Å². The van der Waals surface area contributed by atoms with E-state index in [0.717, 1.165) is 23.2 Å². The highest BCUT2D eigenvalue weighted by Gasteiger charge is 2.40. The summed E-state index contributed by atoms with van der Waals surface area (Å²) in [5.74, 6) is -1.32. The molecule has 5 amide bonds. The highest BCUT2D eigenvalue weighted by Crippen LogP contribution is 2.27. The lowest BCUT2D eigenvalue weighted by atomic mass is 9.85. The van der Waals surface area contributed by atoms with Crippen molar-refractivity contribution in [3.8, 4) is 0 Å². The second kappa shape index (κ2) is 23.2. The Morgan fingerprint density at radius 3 is 2.06 bits per heavy atom. The Kier molecular flexibility index (Phi) is 17.9. The largest absolute Gasteiger partial charge is 0.453 e. The number of aliphatic hydroxyl groups excluding tert-OH is 1. The average molecular weight is 894 g/mol. The van der Waals surface area contributed by atoms with Crippen LogP contribution in [-0.4, -0.2) is 108 Å². The van der Waals surface area contributed by atoms with E-state index in [9.17, 15) is 29.1 Å². The summed E-state index contributed by atoms with van der Waals surface area (Å²) in [7, 11) is 1.24. The van der Waals surface area contributed by atoms with Gasteiger partial charge < -0.3 is 45.2 Å². The Labute approximate surface area is 383 Å². The minimum absolute atomic E-state index is 0.257. The number of likely N-dealkylation sites (tertiary alicyclic amines) is 1. The van der Waals surface area contributed by atoms with Crippen LogP contribution in [0.15, 0.2) is 103 Å². The summed E-state index contributed by atoms with van der Waals surface area (Å²) >= 11 is 0. The van der Waals surface area contributed by atoms with E-state index < -0.39 is 48.0 Å². The standard InChI is InChI=1S/C50H67N7O8/c1-9-36(10-2)42(53-46(60)41-20-16-30-65-41)47(61)57-29-15-19-40(57)45(59)52-38-27-23-35(24-28-38)32-55(39-17-13-12-14-18-39)31-34-21-25-37(26-22-34)51-44(58)33(4)56(11-3)48(62)43(50(5,6)7)54-49(63)64-8/h9-10,12-14,17-18,21-28,33,40-43,46,53,60H,1,11,15-16,19-20,29-32H2,2-8H3,(H,51,58)(H,52,59)(H,54,63). The first-order valence-electron chi connectivity index (χ1n) is 22.5.